The normalized spacial score (nSPS) is 17.7. The van der Waals surface area contributed by atoms with E-state index in [1.54, 1.807) is 24.8 Å². The first-order valence-electron chi connectivity index (χ1n) is 7.86. The van der Waals surface area contributed by atoms with E-state index in [2.05, 4.69) is 4.99 Å². The average Bonchev–Trinajstić information content (AvgIpc) is 2.80. The number of nitrogens with zero attached hydrogens (tertiary/aromatic N) is 1. The Kier molecular flexibility index (Phi) is 5.03. The van der Waals surface area contributed by atoms with Gasteiger partial charge in [0, 0.05) is 35.6 Å². The van der Waals surface area contributed by atoms with Crippen molar-refractivity contribution in [3.63, 3.8) is 0 Å². The number of para-hydroxylation sites is 1. The third kappa shape index (κ3) is 3.51. The molecule has 1 aliphatic heterocycles. The van der Waals surface area contributed by atoms with E-state index in [0.29, 0.717) is 30.2 Å². The van der Waals surface area contributed by atoms with Gasteiger partial charge >= 0.3 is 5.63 Å². The smallest absolute Gasteiger partial charge is 0.348 e. The van der Waals surface area contributed by atoms with E-state index in [1.165, 1.54) is 13.2 Å². The predicted octanol–water partition coefficient (Wildman–Crippen LogP) is 3.04. The second-order valence-corrected chi connectivity index (χ2v) is 7.01. The lowest BCUT2D eigenvalue weighted by Crippen LogP contribution is -2.17. The largest absolute Gasteiger partial charge is 0.507 e. The van der Waals surface area contributed by atoms with Crippen molar-refractivity contribution in [3.8, 4) is 17.2 Å². The fraction of sp³-hybridized carbons (Fsp3) is 0.333. The summed E-state index contributed by atoms with van der Waals surface area (Å²) in [6, 6.07) is 6.74. The van der Waals surface area contributed by atoms with Crippen LogP contribution in [0.2, 0.25) is 0 Å². The van der Waals surface area contributed by atoms with Crippen LogP contribution in [-0.4, -0.2) is 35.3 Å². The minimum atomic E-state index is -0.600. The lowest BCUT2D eigenvalue weighted by Gasteiger charge is -2.18. The molecule has 0 fully saturated rings. The number of phenols is 1. The number of thioether (sulfide) groups is 1. The Balaban J connectivity index is 2.00. The lowest BCUT2D eigenvalue weighted by atomic mass is 10.0. The van der Waals surface area contributed by atoms with E-state index >= 15 is 0 Å². The van der Waals surface area contributed by atoms with Gasteiger partial charge in [0.15, 0.2) is 11.5 Å². The zero-order valence-corrected chi connectivity index (χ0v) is 14.8. The summed E-state index contributed by atoms with van der Waals surface area (Å²) < 4.78 is 10.3. The molecule has 3 rings (SSSR count). The second-order valence-electron chi connectivity index (χ2n) is 5.69. The fourth-order valence-electron chi connectivity index (χ4n) is 2.88. The molecule has 6 nitrogen and oxygen atoms in total. The Morgan fingerprint density at radius 2 is 2.16 bits per heavy atom. The minimum absolute atomic E-state index is 0.0870. The molecule has 0 unspecified atom stereocenters. The molecule has 0 aliphatic carbocycles. The molecule has 2 heterocycles. The van der Waals surface area contributed by atoms with Crippen molar-refractivity contribution in [3.05, 3.63) is 51.6 Å². The van der Waals surface area contributed by atoms with Crippen molar-refractivity contribution >= 4 is 17.5 Å². The van der Waals surface area contributed by atoms with E-state index in [0.717, 1.165) is 11.3 Å². The molecule has 0 saturated heterocycles. The predicted molar refractivity (Wildman–Crippen MR) is 97.3 cm³/mol. The van der Waals surface area contributed by atoms with Crippen molar-refractivity contribution < 1.29 is 19.4 Å². The number of aliphatic imine (C=N–C) groups is 1. The summed E-state index contributed by atoms with van der Waals surface area (Å²) in [4.78, 5) is 16.7. The summed E-state index contributed by atoms with van der Waals surface area (Å²) in [7, 11) is 1.50. The molecular weight excluding hydrogens is 342 g/mol. The highest BCUT2D eigenvalue weighted by Gasteiger charge is 2.26. The molecule has 1 atom stereocenters. The van der Waals surface area contributed by atoms with Gasteiger partial charge in [-0.15, -0.1) is 0 Å². The summed E-state index contributed by atoms with van der Waals surface area (Å²) in [5.41, 5.74) is 0.704. The number of aromatic hydroxyl groups is 2. The second kappa shape index (κ2) is 7.23. The first kappa shape index (κ1) is 17.4. The molecule has 25 heavy (non-hydrogen) atoms. The molecule has 0 spiro atoms. The Morgan fingerprint density at radius 1 is 1.36 bits per heavy atom. The highest BCUT2D eigenvalue weighted by atomic mass is 32.2. The summed E-state index contributed by atoms with van der Waals surface area (Å²) in [5.74, 6) is 1.44. The first-order chi connectivity index (χ1) is 12.0. The fourth-order valence-corrected chi connectivity index (χ4v) is 4.01. The van der Waals surface area contributed by atoms with Crippen molar-refractivity contribution in [1.29, 1.82) is 0 Å². The highest BCUT2D eigenvalue weighted by Crippen LogP contribution is 2.43. The van der Waals surface area contributed by atoms with Gasteiger partial charge in [-0.2, -0.15) is 11.8 Å². The maximum atomic E-state index is 12.2. The molecule has 1 aromatic heterocycles. The number of hydrogen-bond donors (Lipinski definition) is 2. The van der Waals surface area contributed by atoms with Crippen LogP contribution >= 0.6 is 11.8 Å². The van der Waals surface area contributed by atoms with Crippen LogP contribution in [-0.2, 0) is 0 Å². The van der Waals surface area contributed by atoms with E-state index in [9.17, 15) is 15.0 Å². The Morgan fingerprint density at radius 3 is 2.88 bits per heavy atom. The molecule has 0 bridgehead atoms. The molecule has 7 heteroatoms. The Labute approximate surface area is 149 Å². The zero-order valence-electron chi connectivity index (χ0n) is 14.0. The summed E-state index contributed by atoms with van der Waals surface area (Å²) in [6.07, 6.45) is 0.396. The van der Waals surface area contributed by atoms with Gasteiger partial charge in [0.1, 0.15) is 17.1 Å². The number of phenolic OH excluding ortho intramolecular Hbond substituents is 1. The van der Waals surface area contributed by atoms with E-state index in [1.807, 2.05) is 12.1 Å². The van der Waals surface area contributed by atoms with Crippen LogP contribution < -0.4 is 10.4 Å². The quantitative estimate of drug-likeness (QED) is 0.873. The molecule has 2 aromatic rings. The van der Waals surface area contributed by atoms with Gasteiger partial charge in [0.05, 0.1) is 12.8 Å². The number of rotatable bonds is 3. The standard InChI is InChI=1S/C18H19NO5S/c1-10-8-13(20)16(18(22)24-10)12-9-15(25-7-6-19-12)11-4-3-5-14(23-2)17(11)21/h3-5,8,15,20-21H,6-7,9H2,1-2H3/t15-/m0/s1. The van der Waals surface area contributed by atoms with Crippen LogP contribution in [0.4, 0.5) is 0 Å². The zero-order chi connectivity index (χ0) is 18.0. The highest BCUT2D eigenvalue weighted by molar-refractivity contribution is 7.99. The summed E-state index contributed by atoms with van der Waals surface area (Å²) >= 11 is 1.64. The monoisotopic (exact) mass is 361 g/mol. The first-order valence-corrected chi connectivity index (χ1v) is 8.91. The molecule has 0 amide bonds. The number of methoxy groups -OCH3 is 1. The summed E-state index contributed by atoms with van der Waals surface area (Å²) in [6.45, 7) is 2.13. The van der Waals surface area contributed by atoms with Gasteiger partial charge in [0.2, 0.25) is 0 Å². The van der Waals surface area contributed by atoms with Gasteiger partial charge < -0.3 is 19.4 Å². The van der Waals surface area contributed by atoms with Gasteiger partial charge in [-0.25, -0.2) is 4.79 Å². The maximum absolute atomic E-state index is 12.2. The number of benzene rings is 1. The number of aryl methyl sites for hydroxylation is 1. The van der Waals surface area contributed by atoms with Crippen molar-refractivity contribution in [2.75, 3.05) is 19.4 Å². The topological polar surface area (TPSA) is 92.3 Å². The van der Waals surface area contributed by atoms with Crippen LogP contribution in [0.25, 0.3) is 0 Å². The van der Waals surface area contributed by atoms with E-state index in [4.69, 9.17) is 9.15 Å². The molecule has 0 radical (unpaired) electrons. The minimum Gasteiger partial charge on any atom is -0.507 e. The Bertz CT molecular complexity index is 874. The average molecular weight is 361 g/mol. The van der Waals surface area contributed by atoms with Crippen molar-refractivity contribution in [2.45, 2.75) is 18.6 Å². The molecular formula is C18H19NO5S. The summed E-state index contributed by atoms with van der Waals surface area (Å²) in [5, 5.41) is 20.5. The third-order valence-electron chi connectivity index (χ3n) is 4.03. The van der Waals surface area contributed by atoms with Crippen LogP contribution in [0.15, 0.2) is 38.5 Å². The van der Waals surface area contributed by atoms with Gasteiger partial charge in [-0.1, -0.05) is 12.1 Å². The maximum Gasteiger partial charge on any atom is 0.348 e. The van der Waals surface area contributed by atoms with Gasteiger partial charge in [-0.3, -0.25) is 4.99 Å². The third-order valence-corrected chi connectivity index (χ3v) is 5.27. The lowest BCUT2D eigenvalue weighted by molar-refractivity contribution is 0.370. The van der Waals surface area contributed by atoms with Crippen LogP contribution in [0, 0.1) is 6.92 Å². The van der Waals surface area contributed by atoms with E-state index < -0.39 is 5.63 Å². The molecule has 2 N–H and O–H groups in total. The molecule has 0 saturated carbocycles. The van der Waals surface area contributed by atoms with Gasteiger partial charge in [0.25, 0.3) is 0 Å². The molecule has 132 valence electrons. The number of ether oxygens (including phenoxy) is 1. The van der Waals surface area contributed by atoms with Crippen LogP contribution in [0.1, 0.15) is 28.6 Å². The molecule has 1 aromatic carbocycles. The van der Waals surface area contributed by atoms with Crippen LogP contribution in [0.3, 0.4) is 0 Å². The van der Waals surface area contributed by atoms with Crippen LogP contribution in [0.5, 0.6) is 17.2 Å². The van der Waals surface area contributed by atoms with Crippen molar-refractivity contribution in [2.24, 2.45) is 4.99 Å². The Hall–Kier alpha value is -2.41. The van der Waals surface area contributed by atoms with Gasteiger partial charge in [-0.05, 0) is 13.0 Å². The molecule has 1 aliphatic rings. The number of hydrogen-bond acceptors (Lipinski definition) is 7. The SMILES string of the molecule is COc1cccc([C@@H]2CC(c3c(O)cc(C)oc3=O)=NCCS2)c1O. The van der Waals surface area contributed by atoms with Crippen molar-refractivity contribution in [1.82, 2.24) is 0 Å². The van der Waals surface area contributed by atoms with E-state index in [-0.39, 0.29) is 22.3 Å².